The molecule has 1 aromatic heterocycles. The van der Waals surface area contributed by atoms with E-state index < -0.39 is 0 Å². The number of anilines is 1. The van der Waals surface area contributed by atoms with Gasteiger partial charge in [-0.1, -0.05) is 5.57 Å². The van der Waals surface area contributed by atoms with E-state index in [0.717, 1.165) is 18.7 Å². The molecule has 0 aromatic carbocycles. The Morgan fingerprint density at radius 2 is 2.36 bits per heavy atom. The van der Waals surface area contributed by atoms with Crippen LogP contribution in [0.25, 0.3) is 0 Å². The van der Waals surface area contributed by atoms with Crippen LogP contribution in [-0.4, -0.2) is 18.6 Å². The van der Waals surface area contributed by atoms with Crippen molar-refractivity contribution in [3.05, 3.63) is 30.5 Å². The predicted octanol–water partition coefficient (Wildman–Crippen LogP) is 2.47. The minimum Gasteiger partial charge on any atom is -0.481 e. The maximum absolute atomic E-state index is 4.96. The SMILES string of the molecule is C=C(C)CCNc1ccc(OC)nc1. The molecule has 1 aromatic rings. The van der Waals surface area contributed by atoms with Gasteiger partial charge >= 0.3 is 0 Å². The Labute approximate surface area is 84.8 Å². The molecule has 0 aliphatic rings. The van der Waals surface area contributed by atoms with Crippen LogP contribution in [0, 0.1) is 0 Å². The number of hydrogen-bond donors (Lipinski definition) is 1. The van der Waals surface area contributed by atoms with Crippen molar-refractivity contribution < 1.29 is 4.74 Å². The van der Waals surface area contributed by atoms with E-state index in [2.05, 4.69) is 16.9 Å². The minimum atomic E-state index is 0.635. The van der Waals surface area contributed by atoms with Crippen LogP contribution >= 0.6 is 0 Å². The van der Waals surface area contributed by atoms with E-state index >= 15 is 0 Å². The van der Waals surface area contributed by atoms with Gasteiger partial charge in [-0.15, -0.1) is 6.58 Å². The Morgan fingerprint density at radius 1 is 1.57 bits per heavy atom. The highest BCUT2D eigenvalue weighted by Crippen LogP contribution is 2.10. The number of rotatable bonds is 5. The first-order chi connectivity index (χ1) is 6.72. The second kappa shape index (κ2) is 5.27. The molecule has 0 aliphatic heterocycles. The maximum atomic E-state index is 4.96. The van der Waals surface area contributed by atoms with Crippen molar-refractivity contribution in [2.75, 3.05) is 19.0 Å². The van der Waals surface area contributed by atoms with Crippen molar-refractivity contribution in [2.45, 2.75) is 13.3 Å². The van der Waals surface area contributed by atoms with Gasteiger partial charge < -0.3 is 10.1 Å². The van der Waals surface area contributed by atoms with Crippen molar-refractivity contribution in [1.29, 1.82) is 0 Å². The van der Waals surface area contributed by atoms with Gasteiger partial charge in [0.25, 0.3) is 0 Å². The minimum absolute atomic E-state index is 0.635. The lowest BCUT2D eigenvalue weighted by atomic mass is 10.2. The van der Waals surface area contributed by atoms with Crippen molar-refractivity contribution in [2.24, 2.45) is 0 Å². The first-order valence-corrected chi connectivity index (χ1v) is 4.60. The molecule has 3 nitrogen and oxygen atoms in total. The van der Waals surface area contributed by atoms with E-state index in [9.17, 15) is 0 Å². The summed E-state index contributed by atoms with van der Waals surface area (Å²) in [5, 5.41) is 3.25. The number of ether oxygens (including phenoxy) is 1. The molecule has 3 heteroatoms. The fourth-order valence-electron chi connectivity index (χ4n) is 1.03. The van der Waals surface area contributed by atoms with Crippen molar-refractivity contribution in [1.82, 2.24) is 4.98 Å². The second-order valence-corrected chi connectivity index (χ2v) is 3.22. The van der Waals surface area contributed by atoms with E-state index in [0.29, 0.717) is 5.88 Å². The molecule has 14 heavy (non-hydrogen) atoms. The molecule has 0 bridgehead atoms. The van der Waals surface area contributed by atoms with Crippen LogP contribution in [0.5, 0.6) is 5.88 Å². The molecule has 1 N–H and O–H groups in total. The third-order valence-electron chi connectivity index (χ3n) is 1.83. The quantitative estimate of drug-likeness (QED) is 0.728. The van der Waals surface area contributed by atoms with E-state index in [-0.39, 0.29) is 0 Å². The number of hydrogen-bond acceptors (Lipinski definition) is 3. The lowest BCUT2D eigenvalue weighted by Gasteiger charge is -2.05. The molecule has 0 atom stereocenters. The maximum Gasteiger partial charge on any atom is 0.213 e. The Balaban J connectivity index is 2.40. The number of nitrogens with one attached hydrogen (secondary N) is 1. The zero-order valence-electron chi connectivity index (χ0n) is 8.71. The van der Waals surface area contributed by atoms with Crippen LogP contribution in [0.3, 0.4) is 0 Å². The monoisotopic (exact) mass is 192 g/mol. The number of methoxy groups -OCH3 is 1. The molecule has 76 valence electrons. The van der Waals surface area contributed by atoms with Gasteiger partial charge in [0.1, 0.15) is 0 Å². The average molecular weight is 192 g/mol. The van der Waals surface area contributed by atoms with Crippen LogP contribution in [0.15, 0.2) is 30.5 Å². The molecular formula is C11H16N2O. The van der Waals surface area contributed by atoms with Gasteiger partial charge in [0.2, 0.25) is 5.88 Å². The third-order valence-corrected chi connectivity index (χ3v) is 1.83. The Morgan fingerprint density at radius 3 is 2.86 bits per heavy atom. The van der Waals surface area contributed by atoms with Gasteiger partial charge in [-0.3, -0.25) is 0 Å². The number of pyridine rings is 1. The third kappa shape index (κ3) is 3.47. The zero-order chi connectivity index (χ0) is 10.4. The topological polar surface area (TPSA) is 34.1 Å². The van der Waals surface area contributed by atoms with E-state index in [4.69, 9.17) is 4.74 Å². The molecule has 0 unspecified atom stereocenters. The van der Waals surface area contributed by atoms with Gasteiger partial charge in [-0.2, -0.15) is 0 Å². The molecule has 0 amide bonds. The smallest absolute Gasteiger partial charge is 0.213 e. The van der Waals surface area contributed by atoms with Gasteiger partial charge in [-0.05, 0) is 19.4 Å². The van der Waals surface area contributed by atoms with E-state index in [1.807, 2.05) is 19.1 Å². The van der Waals surface area contributed by atoms with Crippen LogP contribution in [0.1, 0.15) is 13.3 Å². The van der Waals surface area contributed by atoms with Gasteiger partial charge in [0.05, 0.1) is 19.0 Å². The summed E-state index contributed by atoms with van der Waals surface area (Å²) in [6, 6.07) is 3.79. The van der Waals surface area contributed by atoms with Gasteiger partial charge in [0.15, 0.2) is 0 Å². The van der Waals surface area contributed by atoms with Gasteiger partial charge in [-0.25, -0.2) is 4.98 Å². The number of nitrogens with zero attached hydrogens (tertiary/aromatic N) is 1. The summed E-state index contributed by atoms with van der Waals surface area (Å²) < 4.78 is 4.96. The van der Waals surface area contributed by atoms with Crippen LogP contribution < -0.4 is 10.1 Å². The lowest BCUT2D eigenvalue weighted by Crippen LogP contribution is -2.01. The number of aromatic nitrogens is 1. The normalized spacial score (nSPS) is 9.57. The molecule has 0 saturated heterocycles. The van der Waals surface area contributed by atoms with Crippen molar-refractivity contribution >= 4 is 5.69 Å². The first-order valence-electron chi connectivity index (χ1n) is 4.60. The fraction of sp³-hybridized carbons (Fsp3) is 0.364. The summed E-state index contributed by atoms with van der Waals surface area (Å²) in [5.41, 5.74) is 2.19. The Bertz CT molecular complexity index is 293. The van der Waals surface area contributed by atoms with Crippen LogP contribution in [0.4, 0.5) is 5.69 Å². The highest BCUT2D eigenvalue weighted by molar-refractivity contribution is 5.41. The summed E-state index contributed by atoms with van der Waals surface area (Å²) in [6.07, 6.45) is 2.74. The highest BCUT2D eigenvalue weighted by atomic mass is 16.5. The molecule has 0 saturated carbocycles. The largest absolute Gasteiger partial charge is 0.481 e. The fourth-order valence-corrected chi connectivity index (χ4v) is 1.03. The molecule has 0 radical (unpaired) electrons. The molecule has 0 spiro atoms. The molecule has 0 fully saturated rings. The van der Waals surface area contributed by atoms with Crippen LogP contribution in [0.2, 0.25) is 0 Å². The van der Waals surface area contributed by atoms with E-state index in [1.165, 1.54) is 5.57 Å². The highest BCUT2D eigenvalue weighted by Gasteiger charge is 1.94. The van der Waals surface area contributed by atoms with Gasteiger partial charge in [0, 0.05) is 12.6 Å². The zero-order valence-corrected chi connectivity index (χ0v) is 8.71. The van der Waals surface area contributed by atoms with Crippen molar-refractivity contribution in [3.8, 4) is 5.88 Å². The predicted molar refractivity (Wildman–Crippen MR) is 58.7 cm³/mol. The van der Waals surface area contributed by atoms with E-state index in [1.54, 1.807) is 13.3 Å². The molecule has 1 rings (SSSR count). The lowest BCUT2D eigenvalue weighted by molar-refractivity contribution is 0.398. The Kier molecular flexibility index (Phi) is 3.98. The van der Waals surface area contributed by atoms with Crippen molar-refractivity contribution in [3.63, 3.8) is 0 Å². The molecule has 0 aliphatic carbocycles. The summed E-state index contributed by atoms with van der Waals surface area (Å²) in [5.74, 6) is 0.635. The summed E-state index contributed by atoms with van der Waals surface area (Å²) >= 11 is 0. The van der Waals surface area contributed by atoms with Crippen LogP contribution in [-0.2, 0) is 0 Å². The Hall–Kier alpha value is -1.51. The summed E-state index contributed by atoms with van der Waals surface area (Å²) in [6.45, 7) is 6.75. The standard InChI is InChI=1S/C11H16N2O/c1-9(2)6-7-12-10-4-5-11(14-3)13-8-10/h4-5,8,12H,1,6-7H2,2-3H3. The second-order valence-electron chi connectivity index (χ2n) is 3.22. The average Bonchev–Trinajstić information content (AvgIpc) is 2.18. The summed E-state index contributed by atoms with van der Waals surface area (Å²) in [4.78, 5) is 4.09. The first kappa shape index (κ1) is 10.6. The molecule has 1 heterocycles. The summed E-state index contributed by atoms with van der Waals surface area (Å²) in [7, 11) is 1.61. The molecular weight excluding hydrogens is 176 g/mol.